The van der Waals surface area contributed by atoms with Crippen molar-refractivity contribution in [1.29, 1.82) is 0 Å². The van der Waals surface area contributed by atoms with Crippen molar-refractivity contribution in [3.63, 3.8) is 0 Å². The highest BCUT2D eigenvalue weighted by Crippen LogP contribution is 2.17. The Morgan fingerprint density at radius 1 is 0.323 bits per heavy atom. The van der Waals surface area contributed by atoms with Gasteiger partial charge in [-0.05, 0) is 51.4 Å². The highest BCUT2D eigenvalue weighted by Gasteiger charge is 2.19. The zero-order chi connectivity index (χ0) is 47.2. The normalized spacial score (nSPS) is 12.2. The Kier molecular flexibility index (Phi) is 52.3. The molecule has 1 unspecified atom stereocenters. The first kappa shape index (κ1) is 62.6. The molecule has 6 heteroatoms. The second-order valence-electron chi connectivity index (χ2n) is 19.2. The molecular formula is C59H108O6. The highest BCUT2D eigenvalue weighted by atomic mass is 16.6. The molecule has 6 nitrogen and oxygen atoms in total. The molecule has 0 spiro atoms. The number of rotatable bonds is 52. The monoisotopic (exact) mass is 913 g/mol. The third kappa shape index (κ3) is 52.5. The molecule has 380 valence electrons. The fourth-order valence-corrected chi connectivity index (χ4v) is 8.40. The molecule has 0 saturated heterocycles. The molecule has 0 aromatic heterocycles. The number of esters is 3. The van der Waals surface area contributed by atoms with Gasteiger partial charge in [0.1, 0.15) is 13.2 Å². The first-order valence-corrected chi connectivity index (χ1v) is 28.5. The molecule has 0 fully saturated rings. The fraction of sp³-hybridized carbons (Fsp3) is 0.847. The van der Waals surface area contributed by atoms with Gasteiger partial charge in [-0.2, -0.15) is 0 Å². The minimum atomic E-state index is -0.776. The van der Waals surface area contributed by atoms with Crippen LogP contribution in [0.4, 0.5) is 0 Å². The van der Waals surface area contributed by atoms with E-state index < -0.39 is 6.10 Å². The van der Waals surface area contributed by atoms with Crippen LogP contribution >= 0.6 is 0 Å². The molecule has 0 N–H and O–H groups in total. The maximum Gasteiger partial charge on any atom is 0.306 e. The van der Waals surface area contributed by atoms with E-state index in [1.54, 1.807) is 0 Å². The van der Waals surface area contributed by atoms with Crippen molar-refractivity contribution in [2.75, 3.05) is 13.2 Å². The second kappa shape index (κ2) is 54.2. The van der Waals surface area contributed by atoms with Crippen LogP contribution in [0.2, 0.25) is 0 Å². The molecule has 0 rings (SSSR count). The lowest BCUT2D eigenvalue weighted by Crippen LogP contribution is -2.30. The molecule has 0 aromatic rings. The maximum atomic E-state index is 12.8. The third-order valence-electron chi connectivity index (χ3n) is 12.7. The lowest BCUT2D eigenvalue weighted by molar-refractivity contribution is -0.167. The lowest BCUT2D eigenvalue weighted by Gasteiger charge is -2.18. The van der Waals surface area contributed by atoms with Gasteiger partial charge in [0.05, 0.1) is 0 Å². The minimum Gasteiger partial charge on any atom is -0.462 e. The molecule has 0 aliphatic carbocycles. The Balaban J connectivity index is 4.34. The maximum absolute atomic E-state index is 12.8. The van der Waals surface area contributed by atoms with Gasteiger partial charge in [-0.1, -0.05) is 269 Å². The largest absolute Gasteiger partial charge is 0.462 e. The van der Waals surface area contributed by atoms with Gasteiger partial charge in [0.25, 0.3) is 0 Å². The van der Waals surface area contributed by atoms with Gasteiger partial charge in [-0.15, -0.1) is 0 Å². The van der Waals surface area contributed by atoms with Crippen molar-refractivity contribution >= 4 is 17.9 Å². The number of carbonyl (C=O) groups excluding carboxylic acids is 3. The predicted octanol–water partition coefficient (Wildman–Crippen LogP) is 18.9. The summed E-state index contributed by atoms with van der Waals surface area (Å²) in [6, 6.07) is 0. The van der Waals surface area contributed by atoms with Gasteiger partial charge in [0.15, 0.2) is 6.10 Å². The minimum absolute atomic E-state index is 0.0744. The Bertz CT molecular complexity index is 1090. The van der Waals surface area contributed by atoms with Gasteiger partial charge in [-0.25, -0.2) is 0 Å². The molecule has 0 aromatic carbocycles. The van der Waals surface area contributed by atoms with Crippen molar-refractivity contribution < 1.29 is 28.6 Å². The molecular weight excluding hydrogens is 805 g/mol. The van der Waals surface area contributed by atoms with Crippen LogP contribution in [-0.4, -0.2) is 37.2 Å². The summed E-state index contributed by atoms with van der Waals surface area (Å²) in [6.45, 7) is 6.55. The van der Waals surface area contributed by atoms with Crippen LogP contribution in [0.15, 0.2) is 36.5 Å². The molecule has 65 heavy (non-hydrogen) atoms. The SMILES string of the molecule is CC/C=C\C/C=C\C/C=C\CCCCCCC(=O)OCC(COC(=O)CCCCCCCCCCCCCCCCCCCC)OC(=O)CCCCCCCCCCCCCCCCC. The molecule has 0 bridgehead atoms. The smallest absolute Gasteiger partial charge is 0.306 e. The molecule has 0 radical (unpaired) electrons. The Morgan fingerprint density at radius 3 is 0.938 bits per heavy atom. The Hall–Kier alpha value is -2.37. The quantitative estimate of drug-likeness (QED) is 0.0262. The van der Waals surface area contributed by atoms with E-state index in [1.165, 1.54) is 173 Å². The van der Waals surface area contributed by atoms with Gasteiger partial charge in [0, 0.05) is 19.3 Å². The fourth-order valence-electron chi connectivity index (χ4n) is 8.40. The van der Waals surface area contributed by atoms with Crippen LogP contribution in [0.5, 0.6) is 0 Å². The number of hydrogen-bond donors (Lipinski definition) is 0. The summed E-state index contributed by atoms with van der Waals surface area (Å²) in [7, 11) is 0. The van der Waals surface area contributed by atoms with Crippen LogP contribution in [0.1, 0.15) is 303 Å². The second-order valence-corrected chi connectivity index (χ2v) is 19.2. The number of allylic oxidation sites excluding steroid dienone is 6. The summed E-state index contributed by atoms with van der Waals surface area (Å²) in [6.07, 6.45) is 64.2. The summed E-state index contributed by atoms with van der Waals surface area (Å²) in [5.41, 5.74) is 0. The summed E-state index contributed by atoms with van der Waals surface area (Å²) in [4.78, 5) is 38.1. The van der Waals surface area contributed by atoms with E-state index in [4.69, 9.17) is 14.2 Å². The summed E-state index contributed by atoms with van der Waals surface area (Å²) < 4.78 is 16.9. The van der Waals surface area contributed by atoms with Gasteiger partial charge in [-0.3, -0.25) is 14.4 Å². The molecule has 0 heterocycles. The third-order valence-corrected chi connectivity index (χ3v) is 12.7. The summed E-state index contributed by atoms with van der Waals surface area (Å²) in [5.74, 6) is -0.879. The average Bonchev–Trinajstić information content (AvgIpc) is 3.30. The van der Waals surface area contributed by atoms with E-state index in [-0.39, 0.29) is 31.1 Å². The van der Waals surface area contributed by atoms with Gasteiger partial charge >= 0.3 is 17.9 Å². The van der Waals surface area contributed by atoms with Crippen molar-refractivity contribution in [2.24, 2.45) is 0 Å². The highest BCUT2D eigenvalue weighted by molar-refractivity contribution is 5.71. The molecule has 0 aliphatic heterocycles. The molecule has 0 amide bonds. The Morgan fingerprint density at radius 2 is 0.600 bits per heavy atom. The van der Waals surface area contributed by atoms with E-state index in [0.29, 0.717) is 19.3 Å². The van der Waals surface area contributed by atoms with Crippen molar-refractivity contribution in [3.8, 4) is 0 Å². The predicted molar refractivity (Wildman–Crippen MR) is 279 cm³/mol. The van der Waals surface area contributed by atoms with Crippen molar-refractivity contribution in [2.45, 2.75) is 309 Å². The average molecular weight is 914 g/mol. The van der Waals surface area contributed by atoms with E-state index in [2.05, 4.69) is 57.2 Å². The molecule has 1 atom stereocenters. The van der Waals surface area contributed by atoms with Crippen LogP contribution in [-0.2, 0) is 28.6 Å². The van der Waals surface area contributed by atoms with Crippen LogP contribution in [0.25, 0.3) is 0 Å². The van der Waals surface area contributed by atoms with Crippen molar-refractivity contribution in [3.05, 3.63) is 36.5 Å². The van der Waals surface area contributed by atoms with E-state index >= 15 is 0 Å². The van der Waals surface area contributed by atoms with Gasteiger partial charge in [0.2, 0.25) is 0 Å². The van der Waals surface area contributed by atoms with Crippen LogP contribution < -0.4 is 0 Å². The molecule has 0 saturated carbocycles. The zero-order valence-corrected chi connectivity index (χ0v) is 43.5. The lowest BCUT2D eigenvalue weighted by atomic mass is 10.0. The first-order chi connectivity index (χ1) is 32.0. The van der Waals surface area contributed by atoms with Gasteiger partial charge < -0.3 is 14.2 Å². The van der Waals surface area contributed by atoms with Crippen molar-refractivity contribution in [1.82, 2.24) is 0 Å². The number of unbranched alkanes of at least 4 members (excludes halogenated alkanes) is 35. The van der Waals surface area contributed by atoms with E-state index in [9.17, 15) is 14.4 Å². The zero-order valence-electron chi connectivity index (χ0n) is 43.5. The topological polar surface area (TPSA) is 78.9 Å². The number of hydrogen-bond acceptors (Lipinski definition) is 6. The summed E-state index contributed by atoms with van der Waals surface area (Å²) >= 11 is 0. The number of carbonyl (C=O) groups is 3. The Labute approximate surface area is 404 Å². The van der Waals surface area contributed by atoms with Crippen LogP contribution in [0.3, 0.4) is 0 Å². The standard InChI is InChI=1S/C59H108O6/c1-4-7-10-13-16-19-22-25-28-29-30-32-34-37-40-43-46-49-52-58(61)64-55-56(54-63-57(60)51-48-45-42-39-36-33-27-24-21-18-15-12-9-6-3)65-59(62)53-50-47-44-41-38-35-31-26-23-20-17-14-11-8-5-2/h9,12,18,21,27,33,56H,4-8,10-11,13-17,19-20,22-26,28-32,34-55H2,1-3H3/b12-9-,21-18-,33-27-. The summed E-state index contributed by atoms with van der Waals surface area (Å²) in [5, 5.41) is 0. The van der Waals surface area contributed by atoms with Crippen LogP contribution in [0, 0.1) is 0 Å². The van der Waals surface area contributed by atoms with E-state index in [0.717, 1.165) is 89.9 Å². The number of ether oxygens (including phenoxy) is 3. The first-order valence-electron chi connectivity index (χ1n) is 28.5. The molecule has 0 aliphatic rings. The van der Waals surface area contributed by atoms with E-state index in [1.807, 2.05) is 0 Å².